The Morgan fingerprint density at radius 1 is 1.21 bits per heavy atom. The van der Waals surface area contributed by atoms with Crippen LogP contribution < -0.4 is 0 Å². The molecule has 2 aliphatic rings. The first kappa shape index (κ1) is 13.6. The van der Waals surface area contributed by atoms with E-state index in [1.807, 2.05) is 6.92 Å². The molecule has 1 N–H and O–H groups in total. The lowest BCUT2D eigenvalue weighted by Crippen LogP contribution is -2.54. The highest BCUT2D eigenvalue weighted by Crippen LogP contribution is 2.24. The lowest BCUT2D eigenvalue weighted by Gasteiger charge is -2.34. The standard InChI is InChI=1S/C12H19N3O4/c1-8-5-15(6-9(8)11(17)18)12(19)14-4-3-13(2)10(16)7-14/h8-9H,3-7H2,1-2H3,(H,17,18). The zero-order valence-corrected chi connectivity index (χ0v) is 11.2. The summed E-state index contributed by atoms with van der Waals surface area (Å²) in [5.41, 5.74) is 0. The Bertz CT molecular complexity index is 412. The fraction of sp³-hybridized carbons (Fsp3) is 0.750. The Hall–Kier alpha value is -1.79. The van der Waals surface area contributed by atoms with Gasteiger partial charge in [0, 0.05) is 33.2 Å². The van der Waals surface area contributed by atoms with Crippen molar-refractivity contribution >= 4 is 17.9 Å². The summed E-state index contributed by atoms with van der Waals surface area (Å²) in [5, 5.41) is 9.06. The Kier molecular flexibility index (Phi) is 3.64. The average Bonchev–Trinajstić information content (AvgIpc) is 2.74. The molecule has 19 heavy (non-hydrogen) atoms. The van der Waals surface area contributed by atoms with Gasteiger partial charge in [-0.2, -0.15) is 0 Å². The summed E-state index contributed by atoms with van der Waals surface area (Å²) in [6.07, 6.45) is 0. The monoisotopic (exact) mass is 269 g/mol. The van der Waals surface area contributed by atoms with Crippen LogP contribution in [0, 0.1) is 11.8 Å². The molecule has 2 saturated heterocycles. The van der Waals surface area contributed by atoms with E-state index in [2.05, 4.69) is 0 Å². The number of aliphatic carboxylic acids is 1. The van der Waals surface area contributed by atoms with Crippen molar-refractivity contribution in [2.75, 3.05) is 39.8 Å². The van der Waals surface area contributed by atoms with Gasteiger partial charge < -0.3 is 19.8 Å². The quantitative estimate of drug-likeness (QED) is 0.698. The summed E-state index contributed by atoms with van der Waals surface area (Å²) in [4.78, 5) is 39.5. The number of rotatable bonds is 1. The third kappa shape index (κ3) is 2.64. The van der Waals surface area contributed by atoms with Crippen molar-refractivity contribution in [1.82, 2.24) is 14.7 Å². The number of likely N-dealkylation sites (N-methyl/N-ethyl adjacent to an activating group) is 1. The normalized spacial score (nSPS) is 27.9. The van der Waals surface area contributed by atoms with E-state index in [1.54, 1.807) is 16.8 Å². The zero-order valence-electron chi connectivity index (χ0n) is 11.2. The van der Waals surface area contributed by atoms with Crippen LogP contribution in [-0.2, 0) is 9.59 Å². The molecular formula is C12H19N3O4. The number of nitrogens with zero attached hydrogens (tertiary/aromatic N) is 3. The first-order valence-electron chi connectivity index (χ1n) is 6.40. The van der Waals surface area contributed by atoms with E-state index < -0.39 is 11.9 Å². The van der Waals surface area contributed by atoms with Gasteiger partial charge in [0.2, 0.25) is 5.91 Å². The predicted octanol–water partition coefficient (Wildman–Crippen LogP) is -0.467. The summed E-state index contributed by atoms with van der Waals surface area (Å²) in [7, 11) is 1.71. The molecule has 0 aromatic rings. The van der Waals surface area contributed by atoms with Crippen LogP contribution >= 0.6 is 0 Å². The molecule has 2 heterocycles. The van der Waals surface area contributed by atoms with Gasteiger partial charge in [-0.15, -0.1) is 0 Å². The third-order valence-corrected chi connectivity index (χ3v) is 3.93. The van der Waals surface area contributed by atoms with Crippen molar-refractivity contribution in [3.63, 3.8) is 0 Å². The van der Waals surface area contributed by atoms with Gasteiger partial charge in [-0.3, -0.25) is 9.59 Å². The molecule has 0 bridgehead atoms. The van der Waals surface area contributed by atoms with Gasteiger partial charge in [0.05, 0.1) is 5.92 Å². The molecular weight excluding hydrogens is 250 g/mol. The van der Waals surface area contributed by atoms with Crippen LogP contribution in [0.1, 0.15) is 6.92 Å². The second kappa shape index (κ2) is 5.07. The smallest absolute Gasteiger partial charge is 0.320 e. The van der Waals surface area contributed by atoms with Crippen molar-refractivity contribution in [1.29, 1.82) is 0 Å². The van der Waals surface area contributed by atoms with Crippen LogP contribution in [0.5, 0.6) is 0 Å². The molecule has 2 unspecified atom stereocenters. The summed E-state index contributed by atoms with van der Waals surface area (Å²) in [5.74, 6) is -1.50. The second-order valence-corrected chi connectivity index (χ2v) is 5.35. The number of carbonyl (C=O) groups excluding carboxylic acids is 2. The average molecular weight is 269 g/mol. The highest BCUT2D eigenvalue weighted by Gasteiger charge is 2.39. The van der Waals surface area contributed by atoms with Gasteiger partial charge in [0.25, 0.3) is 0 Å². The van der Waals surface area contributed by atoms with Crippen LogP contribution in [0.4, 0.5) is 4.79 Å². The van der Waals surface area contributed by atoms with Crippen molar-refractivity contribution < 1.29 is 19.5 Å². The van der Waals surface area contributed by atoms with Crippen molar-refractivity contribution in [3.05, 3.63) is 0 Å². The van der Waals surface area contributed by atoms with Gasteiger partial charge in [0.1, 0.15) is 6.54 Å². The third-order valence-electron chi connectivity index (χ3n) is 3.93. The summed E-state index contributed by atoms with van der Waals surface area (Å²) in [6, 6.07) is -0.225. The van der Waals surface area contributed by atoms with Gasteiger partial charge in [-0.1, -0.05) is 6.92 Å². The summed E-state index contributed by atoms with van der Waals surface area (Å²) < 4.78 is 0. The highest BCUT2D eigenvalue weighted by molar-refractivity contribution is 5.85. The maximum absolute atomic E-state index is 12.3. The van der Waals surface area contributed by atoms with Crippen LogP contribution in [0.15, 0.2) is 0 Å². The topological polar surface area (TPSA) is 81.2 Å². The zero-order chi connectivity index (χ0) is 14.2. The predicted molar refractivity (Wildman–Crippen MR) is 66.5 cm³/mol. The van der Waals surface area contributed by atoms with Gasteiger partial charge in [-0.05, 0) is 5.92 Å². The van der Waals surface area contributed by atoms with E-state index in [0.29, 0.717) is 19.6 Å². The minimum Gasteiger partial charge on any atom is -0.481 e. The second-order valence-electron chi connectivity index (χ2n) is 5.35. The SMILES string of the molecule is CC1CN(C(=O)N2CCN(C)C(=O)C2)CC1C(=O)O. The first-order chi connectivity index (χ1) is 8.90. The molecule has 2 rings (SSSR count). The molecule has 0 aromatic carbocycles. The molecule has 3 amide bonds. The van der Waals surface area contributed by atoms with Gasteiger partial charge >= 0.3 is 12.0 Å². The molecule has 0 spiro atoms. The molecule has 2 atom stereocenters. The Morgan fingerprint density at radius 3 is 2.42 bits per heavy atom. The number of carboxylic acid groups (broad SMARTS) is 1. The van der Waals surface area contributed by atoms with Crippen molar-refractivity contribution in [2.24, 2.45) is 11.8 Å². The van der Waals surface area contributed by atoms with Crippen LogP contribution in [-0.4, -0.2) is 77.5 Å². The van der Waals surface area contributed by atoms with Gasteiger partial charge in [-0.25, -0.2) is 4.79 Å². The van der Waals surface area contributed by atoms with E-state index in [1.165, 1.54) is 4.90 Å². The number of carbonyl (C=O) groups is 3. The van der Waals surface area contributed by atoms with Crippen LogP contribution in [0.2, 0.25) is 0 Å². The Labute approximate surface area is 111 Å². The Morgan fingerprint density at radius 2 is 1.89 bits per heavy atom. The lowest BCUT2D eigenvalue weighted by molar-refractivity contribution is -0.142. The number of amides is 3. The summed E-state index contributed by atoms with van der Waals surface area (Å²) >= 11 is 0. The van der Waals surface area contributed by atoms with Crippen molar-refractivity contribution in [3.8, 4) is 0 Å². The molecule has 0 aliphatic carbocycles. The number of hydrogen-bond donors (Lipinski definition) is 1. The molecule has 106 valence electrons. The molecule has 7 nitrogen and oxygen atoms in total. The fourth-order valence-electron chi connectivity index (χ4n) is 2.57. The number of likely N-dealkylation sites (tertiary alicyclic amines) is 1. The number of piperazine rings is 1. The van der Waals surface area contributed by atoms with E-state index in [4.69, 9.17) is 5.11 Å². The lowest BCUT2D eigenvalue weighted by atomic mass is 9.99. The van der Waals surface area contributed by atoms with Gasteiger partial charge in [0.15, 0.2) is 0 Å². The molecule has 0 radical (unpaired) electrons. The van der Waals surface area contributed by atoms with E-state index in [0.717, 1.165) is 0 Å². The van der Waals surface area contributed by atoms with Crippen LogP contribution in [0.25, 0.3) is 0 Å². The fourth-order valence-corrected chi connectivity index (χ4v) is 2.57. The first-order valence-corrected chi connectivity index (χ1v) is 6.40. The van der Waals surface area contributed by atoms with E-state index in [9.17, 15) is 14.4 Å². The molecule has 0 saturated carbocycles. The van der Waals surface area contributed by atoms with E-state index in [-0.39, 0.29) is 30.9 Å². The van der Waals surface area contributed by atoms with E-state index >= 15 is 0 Å². The molecule has 7 heteroatoms. The molecule has 2 aliphatic heterocycles. The maximum Gasteiger partial charge on any atom is 0.320 e. The largest absolute Gasteiger partial charge is 0.481 e. The summed E-state index contributed by atoms with van der Waals surface area (Å²) in [6.45, 7) is 3.62. The number of urea groups is 1. The molecule has 0 aromatic heterocycles. The molecule has 2 fully saturated rings. The number of carboxylic acids is 1. The highest BCUT2D eigenvalue weighted by atomic mass is 16.4. The van der Waals surface area contributed by atoms with Crippen LogP contribution in [0.3, 0.4) is 0 Å². The minimum atomic E-state index is -0.864. The number of hydrogen-bond acceptors (Lipinski definition) is 3. The van der Waals surface area contributed by atoms with Crippen molar-refractivity contribution in [2.45, 2.75) is 6.92 Å². The maximum atomic E-state index is 12.3. The minimum absolute atomic E-state index is 0.0513. The Balaban J connectivity index is 1.98.